The molecule has 1 rings (SSSR count). The van der Waals surface area contributed by atoms with Gasteiger partial charge < -0.3 is 0 Å². The number of alkyl halides is 3. The second-order valence-corrected chi connectivity index (χ2v) is 4.05. The van der Waals surface area contributed by atoms with Gasteiger partial charge in [-0.15, -0.1) is 0 Å². The highest BCUT2D eigenvalue weighted by atomic mass is 35.5. The van der Waals surface area contributed by atoms with Crippen molar-refractivity contribution < 1.29 is 13.2 Å². The highest BCUT2D eigenvalue weighted by Gasteiger charge is 2.26. The summed E-state index contributed by atoms with van der Waals surface area (Å²) in [7, 11) is 0. The predicted octanol–water partition coefficient (Wildman–Crippen LogP) is 4.88. The molecule has 0 saturated heterocycles. The minimum absolute atomic E-state index is 0.0465. The molecule has 0 unspecified atom stereocenters. The summed E-state index contributed by atoms with van der Waals surface area (Å²) in [5.74, 6) is 0. The highest BCUT2D eigenvalue weighted by molar-refractivity contribution is 6.35. The number of rotatable bonds is 3. The van der Waals surface area contributed by atoms with Crippen LogP contribution in [0.25, 0.3) is 0 Å². The van der Waals surface area contributed by atoms with Crippen molar-refractivity contribution >= 4 is 23.2 Å². The van der Waals surface area contributed by atoms with E-state index in [-0.39, 0.29) is 6.42 Å². The molecule has 0 nitrogen and oxygen atoms in total. The molecule has 0 aliphatic carbocycles. The summed E-state index contributed by atoms with van der Waals surface area (Å²) in [6, 6.07) is 4.81. The van der Waals surface area contributed by atoms with Gasteiger partial charge in [-0.3, -0.25) is 0 Å². The zero-order chi connectivity index (χ0) is 11.5. The molecule has 0 N–H and O–H groups in total. The van der Waals surface area contributed by atoms with Crippen molar-refractivity contribution in [3.63, 3.8) is 0 Å². The van der Waals surface area contributed by atoms with E-state index in [0.29, 0.717) is 22.0 Å². The maximum Gasteiger partial charge on any atom is 0.389 e. The Balaban J connectivity index is 2.51. The lowest BCUT2D eigenvalue weighted by Gasteiger charge is -2.07. The minimum atomic E-state index is -4.10. The molecule has 1 aromatic carbocycles. The number of hydrogen-bond acceptors (Lipinski definition) is 0. The van der Waals surface area contributed by atoms with Crippen LogP contribution in [0, 0.1) is 0 Å². The quantitative estimate of drug-likeness (QED) is 0.723. The standard InChI is InChI=1S/C10H9Cl2F3/c11-8-4-3-7(9(12)6-8)2-1-5-10(13,14)15/h3-4,6H,1-2,5H2. The number of hydrogen-bond donors (Lipinski definition) is 0. The van der Waals surface area contributed by atoms with Gasteiger partial charge in [-0.1, -0.05) is 29.3 Å². The second kappa shape index (κ2) is 5.08. The summed E-state index contributed by atoms with van der Waals surface area (Å²) in [6.45, 7) is 0. The van der Waals surface area contributed by atoms with Gasteiger partial charge in [0.2, 0.25) is 0 Å². The van der Waals surface area contributed by atoms with E-state index in [1.54, 1.807) is 12.1 Å². The molecule has 15 heavy (non-hydrogen) atoms. The van der Waals surface area contributed by atoms with Crippen LogP contribution >= 0.6 is 23.2 Å². The van der Waals surface area contributed by atoms with Crippen LogP contribution in [0.4, 0.5) is 13.2 Å². The van der Waals surface area contributed by atoms with Gasteiger partial charge in [0.05, 0.1) is 0 Å². The molecule has 0 fully saturated rings. The first-order valence-corrected chi connectivity index (χ1v) is 5.15. The smallest absolute Gasteiger partial charge is 0.171 e. The first-order valence-electron chi connectivity index (χ1n) is 4.39. The first-order chi connectivity index (χ1) is 6.88. The lowest BCUT2D eigenvalue weighted by atomic mass is 10.1. The van der Waals surface area contributed by atoms with Crippen LogP contribution in [0.2, 0.25) is 10.0 Å². The van der Waals surface area contributed by atoms with Gasteiger partial charge in [0.25, 0.3) is 0 Å². The first kappa shape index (κ1) is 12.7. The number of halogens is 5. The third kappa shape index (κ3) is 4.76. The molecule has 0 spiro atoms. The van der Waals surface area contributed by atoms with Crippen molar-refractivity contribution in [2.75, 3.05) is 0 Å². The Morgan fingerprint density at radius 3 is 2.33 bits per heavy atom. The molecule has 0 aromatic heterocycles. The Hall–Kier alpha value is -0.410. The van der Waals surface area contributed by atoms with E-state index in [2.05, 4.69) is 0 Å². The lowest BCUT2D eigenvalue weighted by Crippen LogP contribution is -2.07. The molecule has 0 amide bonds. The van der Waals surface area contributed by atoms with E-state index >= 15 is 0 Å². The van der Waals surface area contributed by atoms with Gasteiger partial charge in [-0.2, -0.15) is 13.2 Å². The maximum atomic E-state index is 11.9. The minimum Gasteiger partial charge on any atom is -0.171 e. The fourth-order valence-electron chi connectivity index (χ4n) is 1.20. The van der Waals surface area contributed by atoms with Crippen molar-refractivity contribution in [1.82, 2.24) is 0 Å². The fourth-order valence-corrected chi connectivity index (χ4v) is 1.71. The van der Waals surface area contributed by atoms with E-state index in [0.717, 1.165) is 0 Å². The average Bonchev–Trinajstić information content (AvgIpc) is 2.07. The molecular formula is C10H9Cl2F3. The monoisotopic (exact) mass is 256 g/mol. The largest absolute Gasteiger partial charge is 0.389 e. The van der Waals surface area contributed by atoms with E-state index in [1.165, 1.54) is 6.07 Å². The van der Waals surface area contributed by atoms with Gasteiger partial charge in [0, 0.05) is 16.5 Å². The van der Waals surface area contributed by atoms with Crippen LogP contribution in [0.15, 0.2) is 18.2 Å². The van der Waals surface area contributed by atoms with Crippen molar-refractivity contribution in [1.29, 1.82) is 0 Å². The van der Waals surface area contributed by atoms with Crippen molar-refractivity contribution in [2.45, 2.75) is 25.4 Å². The molecule has 0 saturated carbocycles. The topological polar surface area (TPSA) is 0 Å². The predicted molar refractivity (Wildman–Crippen MR) is 55.5 cm³/mol. The van der Waals surface area contributed by atoms with E-state index in [4.69, 9.17) is 23.2 Å². The summed E-state index contributed by atoms with van der Waals surface area (Å²) >= 11 is 11.5. The van der Waals surface area contributed by atoms with Gasteiger partial charge in [-0.05, 0) is 30.5 Å². The van der Waals surface area contributed by atoms with Crippen LogP contribution in [0.1, 0.15) is 18.4 Å². The second-order valence-electron chi connectivity index (χ2n) is 3.20. The molecule has 0 radical (unpaired) electrons. The van der Waals surface area contributed by atoms with Crippen molar-refractivity contribution in [3.05, 3.63) is 33.8 Å². The molecule has 0 bridgehead atoms. The Morgan fingerprint density at radius 1 is 1.13 bits per heavy atom. The molecule has 84 valence electrons. The van der Waals surface area contributed by atoms with Gasteiger partial charge in [0.15, 0.2) is 0 Å². The van der Waals surface area contributed by atoms with Crippen molar-refractivity contribution in [3.8, 4) is 0 Å². The van der Waals surface area contributed by atoms with Crippen LogP contribution in [0.3, 0.4) is 0 Å². The van der Waals surface area contributed by atoms with Crippen molar-refractivity contribution in [2.24, 2.45) is 0 Å². The summed E-state index contributed by atoms with van der Waals surface area (Å²) in [4.78, 5) is 0. The normalized spacial score (nSPS) is 11.8. The number of benzene rings is 1. The maximum absolute atomic E-state index is 11.9. The summed E-state index contributed by atoms with van der Waals surface area (Å²) in [5.41, 5.74) is 0.699. The molecule has 0 aliphatic rings. The summed E-state index contributed by atoms with van der Waals surface area (Å²) < 4.78 is 35.6. The Morgan fingerprint density at radius 2 is 1.80 bits per heavy atom. The van der Waals surface area contributed by atoms with E-state index in [1.807, 2.05) is 0 Å². The number of aryl methyl sites for hydroxylation is 1. The third-order valence-corrected chi connectivity index (χ3v) is 2.51. The highest BCUT2D eigenvalue weighted by Crippen LogP contribution is 2.26. The fraction of sp³-hybridized carbons (Fsp3) is 0.400. The molecule has 5 heteroatoms. The molecule has 0 heterocycles. The van der Waals surface area contributed by atoms with E-state index < -0.39 is 12.6 Å². The van der Waals surface area contributed by atoms with Gasteiger partial charge in [0.1, 0.15) is 0 Å². The third-order valence-electron chi connectivity index (χ3n) is 1.92. The average molecular weight is 257 g/mol. The Kier molecular flexibility index (Phi) is 4.29. The molecule has 1 aromatic rings. The van der Waals surface area contributed by atoms with Gasteiger partial charge in [-0.25, -0.2) is 0 Å². The van der Waals surface area contributed by atoms with Crippen LogP contribution in [-0.2, 0) is 6.42 Å². The zero-order valence-electron chi connectivity index (χ0n) is 7.74. The molecule has 0 atom stereocenters. The Bertz CT molecular complexity index is 334. The van der Waals surface area contributed by atoms with Crippen LogP contribution in [0.5, 0.6) is 0 Å². The van der Waals surface area contributed by atoms with Crippen LogP contribution < -0.4 is 0 Å². The zero-order valence-corrected chi connectivity index (χ0v) is 9.26. The summed E-state index contributed by atoms with van der Waals surface area (Å²) in [5, 5.41) is 0.907. The molecule has 0 aliphatic heterocycles. The van der Waals surface area contributed by atoms with Gasteiger partial charge >= 0.3 is 6.18 Å². The Labute approximate surface area is 96.0 Å². The lowest BCUT2D eigenvalue weighted by molar-refractivity contribution is -0.135. The van der Waals surface area contributed by atoms with Crippen LogP contribution in [-0.4, -0.2) is 6.18 Å². The molecular weight excluding hydrogens is 248 g/mol. The van der Waals surface area contributed by atoms with E-state index in [9.17, 15) is 13.2 Å². The summed E-state index contributed by atoms with van der Waals surface area (Å²) in [6.07, 6.45) is -4.52. The SMILES string of the molecule is FC(F)(F)CCCc1ccc(Cl)cc1Cl.